The van der Waals surface area contributed by atoms with Gasteiger partial charge in [-0.05, 0) is 24.1 Å². The highest BCUT2D eigenvalue weighted by Gasteiger charge is 2.46. The van der Waals surface area contributed by atoms with Gasteiger partial charge in [0.15, 0.2) is 11.5 Å². The number of carbonyl (C=O) groups excluding carboxylic acids is 2. The summed E-state index contributed by atoms with van der Waals surface area (Å²) in [5, 5.41) is 11.1. The molecule has 8 heteroatoms. The van der Waals surface area contributed by atoms with Gasteiger partial charge in [-0.25, -0.2) is 4.98 Å². The maximum absolute atomic E-state index is 13.1. The Kier molecular flexibility index (Phi) is 6.44. The van der Waals surface area contributed by atoms with Gasteiger partial charge in [0.25, 0.3) is 11.7 Å². The second kappa shape index (κ2) is 9.60. The first-order valence-electron chi connectivity index (χ1n) is 10.6. The molecule has 1 fully saturated rings. The van der Waals surface area contributed by atoms with Crippen LogP contribution in [-0.4, -0.2) is 52.0 Å². The van der Waals surface area contributed by atoms with Gasteiger partial charge in [0.05, 0.1) is 32.2 Å². The first-order valence-corrected chi connectivity index (χ1v) is 10.6. The minimum Gasteiger partial charge on any atom is -0.507 e. The van der Waals surface area contributed by atoms with Crippen molar-refractivity contribution < 1.29 is 24.2 Å². The molecule has 0 saturated carbocycles. The van der Waals surface area contributed by atoms with Crippen LogP contribution in [0.2, 0.25) is 0 Å². The lowest BCUT2D eigenvalue weighted by atomic mass is 9.95. The first-order chi connectivity index (χ1) is 16.0. The number of nitrogens with zero attached hydrogens (tertiary/aromatic N) is 3. The third kappa shape index (κ3) is 4.32. The van der Waals surface area contributed by atoms with Crippen molar-refractivity contribution in [1.82, 2.24) is 14.5 Å². The number of rotatable bonds is 8. The second-order valence-electron chi connectivity index (χ2n) is 7.63. The van der Waals surface area contributed by atoms with Crippen molar-refractivity contribution in [3.63, 3.8) is 0 Å². The fourth-order valence-electron chi connectivity index (χ4n) is 4.07. The molecule has 170 valence electrons. The van der Waals surface area contributed by atoms with E-state index in [1.165, 1.54) is 19.1 Å². The Labute approximate surface area is 191 Å². The maximum atomic E-state index is 13.1. The Morgan fingerprint density at radius 2 is 1.79 bits per heavy atom. The molecule has 0 aliphatic carbocycles. The molecular weight excluding hydrogens is 422 g/mol. The average molecular weight is 447 g/mol. The number of amides is 1. The van der Waals surface area contributed by atoms with Crippen molar-refractivity contribution in [2.45, 2.75) is 19.0 Å². The van der Waals surface area contributed by atoms with E-state index in [0.717, 1.165) is 0 Å². The van der Waals surface area contributed by atoms with E-state index in [2.05, 4.69) is 4.98 Å². The lowest BCUT2D eigenvalue weighted by Crippen LogP contribution is -2.31. The van der Waals surface area contributed by atoms with E-state index in [0.29, 0.717) is 42.1 Å². The number of benzene rings is 2. The molecule has 0 radical (unpaired) electrons. The van der Waals surface area contributed by atoms with Gasteiger partial charge < -0.3 is 24.0 Å². The molecule has 1 aliphatic rings. The number of methoxy groups -OCH3 is 2. The lowest BCUT2D eigenvalue weighted by Gasteiger charge is -2.26. The van der Waals surface area contributed by atoms with Gasteiger partial charge in [-0.2, -0.15) is 0 Å². The van der Waals surface area contributed by atoms with E-state index in [4.69, 9.17) is 9.47 Å². The van der Waals surface area contributed by atoms with Crippen molar-refractivity contribution in [3.8, 4) is 11.5 Å². The molecule has 0 spiro atoms. The zero-order valence-electron chi connectivity index (χ0n) is 18.5. The number of hydrogen-bond donors (Lipinski definition) is 1. The number of Topliss-reactive ketones (excluding diaryl/α,β-unsaturated/α-hetero) is 1. The summed E-state index contributed by atoms with van der Waals surface area (Å²) in [5.74, 6) is -0.553. The van der Waals surface area contributed by atoms with Crippen molar-refractivity contribution in [2.75, 3.05) is 20.8 Å². The number of aliphatic hydroxyl groups excluding tert-OH is 1. The van der Waals surface area contributed by atoms with Crippen molar-refractivity contribution in [3.05, 3.63) is 84.0 Å². The number of aromatic nitrogens is 2. The van der Waals surface area contributed by atoms with Crippen LogP contribution in [0.15, 0.2) is 72.8 Å². The minimum atomic E-state index is -0.757. The summed E-state index contributed by atoms with van der Waals surface area (Å²) in [6, 6.07) is 13.2. The number of imidazole rings is 1. The molecule has 4 rings (SSSR count). The van der Waals surface area contributed by atoms with Crippen LogP contribution >= 0.6 is 0 Å². The number of ether oxygens (including phenoxy) is 2. The van der Waals surface area contributed by atoms with Crippen molar-refractivity contribution >= 4 is 17.4 Å². The van der Waals surface area contributed by atoms with Crippen LogP contribution in [-0.2, 0) is 16.1 Å². The molecule has 0 bridgehead atoms. The van der Waals surface area contributed by atoms with Crippen molar-refractivity contribution in [1.29, 1.82) is 0 Å². The molecule has 0 unspecified atom stereocenters. The SMILES string of the molecule is COc1ccc([C@H]2/C(=C(\O)c3ccccc3)C(=O)C(=O)N2CCCn2ccnc2)cc1OC. The molecule has 33 heavy (non-hydrogen) atoms. The summed E-state index contributed by atoms with van der Waals surface area (Å²) in [6.45, 7) is 0.966. The molecule has 1 N–H and O–H groups in total. The van der Waals surface area contributed by atoms with Gasteiger partial charge >= 0.3 is 0 Å². The van der Waals surface area contributed by atoms with E-state index >= 15 is 0 Å². The van der Waals surface area contributed by atoms with Gasteiger partial charge in [-0.1, -0.05) is 36.4 Å². The minimum absolute atomic E-state index is 0.0565. The Balaban J connectivity index is 1.76. The molecule has 1 saturated heterocycles. The van der Waals surface area contributed by atoms with Crippen molar-refractivity contribution in [2.24, 2.45) is 0 Å². The number of aryl methyl sites for hydroxylation is 1. The quantitative estimate of drug-likeness (QED) is 0.323. The third-order valence-corrected chi connectivity index (χ3v) is 5.69. The molecule has 1 amide bonds. The van der Waals surface area contributed by atoms with Crippen LogP contribution in [0.1, 0.15) is 23.6 Å². The van der Waals surface area contributed by atoms with Crippen LogP contribution < -0.4 is 9.47 Å². The van der Waals surface area contributed by atoms with Crippen LogP contribution in [0.25, 0.3) is 5.76 Å². The smallest absolute Gasteiger partial charge is 0.295 e. The second-order valence-corrected chi connectivity index (χ2v) is 7.63. The largest absolute Gasteiger partial charge is 0.507 e. The maximum Gasteiger partial charge on any atom is 0.295 e. The number of aliphatic hydroxyl groups is 1. The normalized spacial score (nSPS) is 17.4. The predicted octanol–water partition coefficient (Wildman–Crippen LogP) is 3.41. The highest BCUT2D eigenvalue weighted by molar-refractivity contribution is 6.46. The lowest BCUT2D eigenvalue weighted by molar-refractivity contribution is -0.139. The topological polar surface area (TPSA) is 93.9 Å². The molecule has 1 aliphatic heterocycles. The molecule has 8 nitrogen and oxygen atoms in total. The van der Waals surface area contributed by atoms with Gasteiger partial charge in [-0.3, -0.25) is 9.59 Å². The zero-order chi connectivity index (χ0) is 23.4. The monoisotopic (exact) mass is 447 g/mol. The summed E-state index contributed by atoms with van der Waals surface area (Å²) in [7, 11) is 3.06. The molecule has 1 aromatic heterocycles. The summed E-state index contributed by atoms with van der Waals surface area (Å²) < 4.78 is 12.7. The van der Waals surface area contributed by atoms with Gasteiger partial charge in [0.2, 0.25) is 0 Å². The fourth-order valence-corrected chi connectivity index (χ4v) is 4.07. The Bertz CT molecular complexity index is 1170. The summed E-state index contributed by atoms with van der Waals surface area (Å²) in [5.41, 5.74) is 1.17. The van der Waals surface area contributed by atoms with Crippen LogP contribution in [0.3, 0.4) is 0 Å². The first kappa shape index (κ1) is 22.1. The standard InChI is InChI=1S/C25H25N3O5/c1-32-19-10-9-18(15-20(19)33-2)22-21(23(29)17-7-4-3-5-8-17)24(30)25(31)28(22)13-6-12-27-14-11-26-16-27/h3-5,7-11,14-16,22,29H,6,12-13H2,1-2H3/b23-21+/t22-/m0/s1. The van der Waals surface area contributed by atoms with E-state index in [-0.39, 0.29) is 11.3 Å². The van der Waals surface area contributed by atoms with E-state index in [1.807, 2.05) is 16.8 Å². The summed E-state index contributed by atoms with van der Waals surface area (Å²) >= 11 is 0. The Hall–Kier alpha value is -4.07. The summed E-state index contributed by atoms with van der Waals surface area (Å²) in [6.07, 6.45) is 5.85. The molecule has 2 aromatic carbocycles. The average Bonchev–Trinajstić information content (AvgIpc) is 3.46. The third-order valence-electron chi connectivity index (χ3n) is 5.69. The Morgan fingerprint density at radius 1 is 1.03 bits per heavy atom. The number of carbonyl (C=O) groups is 2. The summed E-state index contributed by atoms with van der Waals surface area (Å²) in [4.78, 5) is 31.7. The van der Waals surface area contributed by atoms with Crippen LogP contribution in [0, 0.1) is 0 Å². The Morgan fingerprint density at radius 3 is 2.45 bits per heavy atom. The number of likely N-dealkylation sites (tertiary alicyclic amines) is 1. The molecule has 1 atom stereocenters. The molecular formula is C25H25N3O5. The fraction of sp³-hybridized carbons (Fsp3) is 0.240. The predicted molar refractivity (Wildman–Crippen MR) is 122 cm³/mol. The van der Waals surface area contributed by atoms with Crippen LogP contribution in [0.4, 0.5) is 0 Å². The highest BCUT2D eigenvalue weighted by Crippen LogP contribution is 2.42. The van der Waals surface area contributed by atoms with Crippen LogP contribution in [0.5, 0.6) is 11.5 Å². The zero-order valence-corrected chi connectivity index (χ0v) is 18.5. The molecule has 2 heterocycles. The van der Waals surface area contributed by atoms with Gasteiger partial charge in [0, 0.05) is 31.0 Å². The number of hydrogen-bond acceptors (Lipinski definition) is 6. The van der Waals surface area contributed by atoms with E-state index in [1.54, 1.807) is 55.0 Å². The van der Waals surface area contributed by atoms with E-state index in [9.17, 15) is 14.7 Å². The van der Waals surface area contributed by atoms with Gasteiger partial charge in [0.1, 0.15) is 5.76 Å². The highest BCUT2D eigenvalue weighted by atomic mass is 16.5. The van der Waals surface area contributed by atoms with Gasteiger partial charge in [-0.15, -0.1) is 0 Å². The number of ketones is 1. The molecule has 3 aromatic rings. The van der Waals surface area contributed by atoms with E-state index < -0.39 is 17.7 Å².